The molecule has 198 valence electrons. The van der Waals surface area contributed by atoms with Crippen LogP contribution in [0.3, 0.4) is 0 Å². The van der Waals surface area contributed by atoms with Gasteiger partial charge < -0.3 is 19.5 Å². The van der Waals surface area contributed by atoms with Crippen LogP contribution in [0.25, 0.3) is 11.0 Å². The zero-order valence-corrected chi connectivity index (χ0v) is 21.2. The third-order valence-corrected chi connectivity index (χ3v) is 7.86. The minimum absolute atomic E-state index is 0.0117. The second-order valence-electron chi connectivity index (χ2n) is 8.53. The Balaban J connectivity index is 1.34. The molecule has 1 aliphatic rings. The number of rotatable bonds is 8. The molecule has 0 fully saturated rings. The van der Waals surface area contributed by atoms with Crippen molar-refractivity contribution in [2.24, 2.45) is 0 Å². The van der Waals surface area contributed by atoms with E-state index in [9.17, 15) is 22.0 Å². The lowest BCUT2D eigenvalue weighted by Crippen LogP contribution is -2.26. The van der Waals surface area contributed by atoms with Gasteiger partial charge in [-0.3, -0.25) is 9.36 Å². The normalized spacial score (nSPS) is 14.0. The molecule has 3 aromatic carbocycles. The number of hydrogen-bond donors (Lipinski definition) is 1. The quantitative estimate of drug-likeness (QED) is 0.356. The van der Waals surface area contributed by atoms with Gasteiger partial charge in [0.1, 0.15) is 0 Å². The van der Waals surface area contributed by atoms with Crippen molar-refractivity contribution < 1.29 is 36.2 Å². The summed E-state index contributed by atoms with van der Waals surface area (Å²) >= 11 is 0. The minimum Gasteiger partial charge on any atom is -0.468 e. The van der Waals surface area contributed by atoms with E-state index in [-0.39, 0.29) is 47.2 Å². The minimum atomic E-state index is -3.74. The number of sulfone groups is 1. The van der Waals surface area contributed by atoms with Crippen LogP contribution in [0.5, 0.6) is 17.5 Å². The van der Waals surface area contributed by atoms with Crippen LogP contribution in [0.4, 0.5) is 8.78 Å². The highest BCUT2D eigenvalue weighted by Crippen LogP contribution is 2.43. The van der Waals surface area contributed by atoms with E-state index in [1.165, 1.54) is 25.3 Å². The molecule has 1 aromatic heterocycles. The number of benzene rings is 3. The molecule has 2 heterocycles. The Kier molecular flexibility index (Phi) is 6.43. The fourth-order valence-electron chi connectivity index (χ4n) is 4.14. The summed E-state index contributed by atoms with van der Waals surface area (Å²) in [5.74, 6) is -0.453. The molecule has 0 radical (unpaired) electrons. The van der Waals surface area contributed by atoms with Crippen molar-refractivity contribution in [3.8, 4) is 17.5 Å². The van der Waals surface area contributed by atoms with Gasteiger partial charge in [-0.05, 0) is 42.0 Å². The summed E-state index contributed by atoms with van der Waals surface area (Å²) in [5.41, 5.74) is 2.63. The molecule has 0 saturated carbocycles. The second-order valence-corrected chi connectivity index (χ2v) is 10.8. The Labute approximate surface area is 216 Å². The summed E-state index contributed by atoms with van der Waals surface area (Å²) < 4.78 is 67.5. The zero-order valence-electron chi connectivity index (χ0n) is 20.4. The monoisotopic (exact) mass is 543 g/mol. The lowest BCUT2D eigenvalue weighted by atomic mass is 10.1. The molecule has 0 unspecified atom stereocenters. The van der Waals surface area contributed by atoms with Gasteiger partial charge in [0.25, 0.3) is 11.9 Å². The lowest BCUT2D eigenvalue weighted by molar-refractivity contribution is -0.286. The van der Waals surface area contributed by atoms with E-state index in [1.807, 2.05) is 0 Å². The first-order valence-corrected chi connectivity index (χ1v) is 13.3. The number of fused-ring (bicyclic) bond motifs is 2. The number of ether oxygens (including phenoxy) is 3. The summed E-state index contributed by atoms with van der Waals surface area (Å²) in [6, 6.07) is 16.1. The van der Waals surface area contributed by atoms with E-state index in [0.29, 0.717) is 22.2 Å². The zero-order chi connectivity index (χ0) is 27.1. The van der Waals surface area contributed by atoms with Gasteiger partial charge in [0, 0.05) is 17.7 Å². The van der Waals surface area contributed by atoms with Crippen LogP contribution in [0.1, 0.15) is 28.4 Å². The Morgan fingerprint density at radius 1 is 1.11 bits per heavy atom. The van der Waals surface area contributed by atoms with Crippen molar-refractivity contribution in [2.45, 2.75) is 31.2 Å². The number of nitrogens with one attached hydrogen (secondary N) is 1. The van der Waals surface area contributed by atoms with Crippen LogP contribution in [0.15, 0.2) is 65.6 Å². The maximum Gasteiger partial charge on any atom is 0.586 e. The molecule has 0 spiro atoms. The fourth-order valence-corrected chi connectivity index (χ4v) is 5.03. The molecular weight excluding hydrogens is 520 g/mol. The van der Waals surface area contributed by atoms with Gasteiger partial charge in [-0.2, -0.15) is 4.98 Å². The van der Waals surface area contributed by atoms with Gasteiger partial charge >= 0.3 is 6.29 Å². The predicted molar refractivity (Wildman–Crippen MR) is 133 cm³/mol. The maximum absolute atomic E-state index is 13.6. The third kappa shape index (κ3) is 4.86. The summed E-state index contributed by atoms with van der Waals surface area (Å²) in [6.07, 6.45) is -3.74. The van der Waals surface area contributed by atoms with Crippen molar-refractivity contribution in [1.29, 1.82) is 0 Å². The van der Waals surface area contributed by atoms with E-state index in [0.717, 1.165) is 5.56 Å². The van der Waals surface area contributed by atoms with Crippen LogP contribution in [0.2, 0.25) is 0 Å². The highest BCUT2D eigenvalue weighted by molar-refractivity contribution is 7.91. The first kappa shape index (κ1) is 25.5. The predicted octanol–water partition coefficient (Wildman–Crippen LogP) is 4.14. The number of alkyl halides is 2. The van der Waals surface area contributed by atoms with Gasteiger partial charge in [-0.15, -0.1) is 8.78 Å². The summed E-state index contributed by atoms with van der Waals surface area (Å²) in [4.78, 5) is 17.5. The lowest BCUT2D eigenvalue weighted by Gasteiger charge is -2.11. The molecule has 12 heteroatoms. The number of hydrogen-bond acceptors (Lipinski definition) is 7. The molecule has 9 nitrogen and oxygen atoms in total. The number of imidazole rings is 1. The van der Waals surface area contributed by atoms with Crippen molar-refractivity contribution in [3.05, 3.63) is 77.4 Å². The van der Waals surface area contributed by atoms with Gasteiger partial charge in [0.05, 0.1) is 35.3 Å². The maximum atomic E-state index is 13.6. The molecule has 0 atom stereocenters. The van der Waals surface area contributed by atoms with E-state index >= 15 is 0 Å². The Morgan fingerprint density at radius 3 is 2.58 bits per heavy atom. The first-order valence-electron chi connectivity index (χ1n) is 11.6. The average Bonchev–Trinajstić information content (AvgIpc) is 3.42. The van der Waals surface area contributed by atoms with Crippen LogP contribution < -0.4 is 19.5 Å². The Bertz CT molecular complexity index is 1630. The fraction of sp³-hybridized carbons (Fsp3) is 0.231. The van der Waals surface area contributed by atoms with E-state index in [4.69, 9.17) is 4.74 Å². The SMILES string of the molecule is CCS(=O)(=O)c1ccc(CNC(=O)c2ccc3c(c2)nc(OC)n3Cc2cccc3c2OC(F)(F)O3)cc1. The van der Waals surface area contributed by atoms with E-state index in [1.54, 1.807) is 54.0 Å². The van der Waals surface area contributed by atoms with Crippen LogP contribution in [0, 0.1) is 0 Å². The summed E-state index contributed by atoms with van der Waals surface area (Å²) in [6.45, 7) is 1.89. The molecule has 38 heavy (non-hydrogen) atoms. The highest BCUT2D eigenvalue weighted by Gasteiger charge is 2.44. The second kappa shape index (κ2) is 9.60. The van der Waals surface area contributed by atoms with Gasteiger partial charge in [-0.1, -0.05) is 31.2 Å². The van der Waals surface area contributed by atoms with Crippen molar-refractivity contribution in [1.82, 2.24) is 14.9 Å². The molecule has 1 N–H and O–H groups in total. The molecule has 0 aliphatic carbocycles. The van der Waals surface area contributed by atoms with Crippen LogP contribution in [-0.2, 0) is 22.9 Å². The first-order chi connectivity index (χ1) is 18.1. The molecular formula is C26H23F2N3O6S. The number of methoxy groups -OCH3 is 1. The topological polar surface area (TPSA) is 109 Å². The number of aromatic nitrogens is 2. The van der Waals surface area contributed by atoms with E-state index in [2.05, 4.69) is 19.8 Å². The summed E-state index contributed by atoms with van der Waals surface area (Å²) in [7, 11) is -1.86. The molecule has 4 aromatic rings. The van der Waals surface area contributed by atoms with E-state index < -0.39 is 16.1 Å². The Morgan fingerprint density at radius 2 is 1.87 bits per heavy atom. The number of nitrogens with zero attached hydrogens (tertiary/aromatic N) is 2. The largest absolute Gasteiger partial charge is 0.586 e. The number of carbonyl (C=O) groups is 1. The van der Waals surface area contributed by atoms with Gasteiger partial charge in [-0.25, -0.2) is 8.42 Å². The third-order valence-electron chi connectivity index (χ3n) is 6.11. The summed E-state index contributed by atoms with van der Waals surface area (Å²) in [5, 5.41) is 2.81. The molecule has 1 amide bonds. The highest BCUT2D eigenvalue weighted by atomic mass is 32.2. The molecule has 0 bridgehead atoms. The van der Waals surface area contributed by atoms with Crippen LogP contribution in [-0.4, -0.2) is 43.0 Å². The van der Waals surface area contributed by atoms with Crippen LogP contribution >= 0.6 is 0 Å². The Hall–Kier alpha value is -4.19. The number of para-hydroxylation sites is 1. The molecule has 1 aliphatic heterocycles. The van der Waals surface area contributed by atoms with Crippen molar-refractivity contribution >= 4 is 26.8 Å². The standard InChI is InChI=1S/C26H23F2N3O6S/c1-3-38(33,34)19-10-7-16(8-11-19)14-29-24(32)17-9-12-21-20(13-17)30-25(35-2)31(21)15-18-5-4-6-22-23(18)37-26(27,28)36-22/h4-13H,3,14-15H2,1-2H3,(H,29,32). The van der Waals surface area contributed by atoms with Gasteiger partial charge in [0.15, 0.2) is 21.3 Å². The number of amides is 1. The van der Waals surface area contributed by atoms with Gasteiger partial charge in [0.2, 0.25) is 0 Å². The van der Waals surface area contributed by atoms with Crippen molar-refractivity contribution in [3.63, 3.8) is 0 Å². The molecule has 5 rings (SSSR count). The smallest absolute Gasteiger partial charge is 0.468 e. The average molecular weight is 544 g/mol. The number of halogens is 2. The van der Waals surface area contributed by atoms with Crippen molar-refractivity contribution in [2.75, 3.05) is 12.9 Å². The number of carbonyl (C=O) groups excluding carboxylic acids is 1. The molecule has 0 saturated heterocycles.